The first-order chi connectivity index (χ1) is 12.5. The Balaban J connectivity index is 2.13. The van der Waals surface area contributed by atoms with Gasteiger partial charge in [-0.3, -0.25) is 9.59 Å². The second-order valence-corrected chi connectivity index (χ2v) is 6.35. The highest BCUT2D eigenvalue weighted by atomic mass is 32.1. The average molecular weight is 371 g/mol. The molecule has 1 amide bonds. The topological polar surface area (TPSA) is 107 Å². The fraction of sp³-hybridized carbons (Fsp3) is 0.167. The lowest BCUT2D eigenvalue weighted by Crippen LogP contribution is -2.25. The number of pyridine rings is 1. The van der Waals surface area contributed by atoms with Crippen LogP contribution in [-0.4, -0.2) is 30.1 Å². The van der Waals surface area contributed by atoms with E-state index in [1.165, 1.54) is 18.4 Å². The molecule has 26 heavy (non-hydrogen) atoms. The Morgan fingerprint density at radius 1 is 1.19 bits per heavy atom. The fourth-order valence-corrected chi connectivity index (χ4v) is 3.50. The number of carbonyl (C=O) groups excluding carboxylic acids is 1. The molecule has 0 fully saturated rings. The van der Waals surface area contributed by atoms with Gasteiger partial charge in [0.25, 0.3) is 11.5 Å². The Morgan fingerprint density at radius 3 is 2.46 bits per heavy atom. The van der Waals surface area contributed by atoms with Crippen molar-refractivity contribution in [3.8, 4) is 33.3 Å². The molecule has 0 saturated heterocycles. The molecule has 2 aromatic heterocycles. The van der Waals surface area contributed by atoms with Crippen LogP contribution in [0.1, 0.15) is 16.1 Å². The zero-order valence-electron chi connectivity index (χ0n) is 14.5. The summed E-state index contributed by atoms with van der Waals surface area (Å²) in [5, 5.41) is 2.63. The number of H-pyrrole nitrogens is 1. The number of benzene rings is 1. The maximum absolute atomic E-state index is 12.1. The van der Waals surface area contributed by atoms with Crippen molar-refractivity contribution in [3.63, 3.8) is 0 Å². The van der Waals surface area contributed by atoms with Crippen molar-refractivity contribution in [1.29, 1.82) is 0 Å². The summed E-state index contributed by atoms with van der Waals surface area (Å²) >= 11 is 1.44. The molecule has 0 unspecified atom stereocenters. The molecule has 134 valence electrons. The van der Waals surface area contributed by atoms with Gasteiger partial charge in [0.2, 0.25) is 0 Å². The lowest BCUT2D eigenvalue weighted by molar-refractivity contribution is 0.0996. The molecule has 0 bridgehead atoms. The van der Waals surface area contributed by atoms with Crippen molar-refractivity contribution in [2.45, 2.75) is 6.92 Å². The van der Waals surface area contributed by atoms with E-state index in [2.05, 4.69) is 9.97 Å². The summed E-state index contributed by atoms with van der Waals surface area (Å²) in [5.41, 5.74) is 7.15. The summed E-state index contributed by atoms with van der Waals surface area (Å²) in [4.78, 5) is 31.0. The molecule has 3 aromatic rings. The van der Waals surface area contributed by atoms with Crippen LogP contribution in [0.3, 0.4) is 0 Å². The molecule has 0 spiro atoms. The molecule has 3 rings (SSSR count). The molecule has 0 saturated carbocycles. The minimum absolute atomic E-state index is 0.130. The van der Waals surface area contributed by atoms with E-state index in [9.17, 15) is 9.59 Å². The Morgan fingerprint density at radius 2 is 1.88 bits per heavy atom. The number of nitrogens with two attached hydrogens (primary N) is 1. The highest BCUT2D eigenvalue weighted by Crippen LogP contribution is 2.36. The van der Waals surface area contributed by atoms with Crippen LogP contribution in [0.25, 0.3) is 21.8 Å². The second-order valence-electron chi connectivity index (χ2n) is 5.49. The number of nitrogens with zero attached hydrogens (tertiary/aromatic N) is 1. The molecular formula is C18H17N3O4S. The molecule has 0 aliphatic heterocycles. The first kappa shape index (κ1) is 17.7. The normalized spacial score (nSPS) is 10.6. The van der Waals surface area contributed by atoms with E-state index >= 15 is 0 Å². The van der Waals surface area contributed by atoms with Crippen molar-refractivity contribution in [1.82, 2.24) is 9.97 Å². The van der Waals surface area contributed by atoms with E-state index in [1.807, 2.05) is 29.6 Å². The number of aromatic nitrogens is 2. The molecule has 0 atom stereocenters. The van der Waals surface area contributed by atoms with E-state index in [-0.39, 0.29) is 11.3 Å². The number of amides is 1. The minimum Gasteiger partial charge on any atom is -0.497 e. The summed E-state index contributed by atoms with van der Waals surface area (Å²) in [6.07, 6.45) is 0. The number of hydrogen-bond acceptors (Lipinski definition) is 6. The molecule has 1 aromatic carbocycles. The fourth-order valence-electron chi connectivity index (χ4n) is 2.68. The SMILES string of the molecule is COc1ccc(-c2nc(-c3c(C)[nH]c(=O)c(C(N)=O)c3OC)cs2)cc1. The number of aryl methyl sites for hydroxylation is 1. The Labute approximate surface area is 153 Å². The van der Waals surface area contributed by atoms with Gasteiger partial charge in [-0.1, -0.05) is 0 Å². The average Bonchev–Trinajstić information content (AvgIpc) is 3.10. The van der Waals surface area contributed by atoms with Crippen molar-refractivity contribution in [2.24, 2.45) is 5.73 Å². The van der Waals surface area contributed by atoms with E-state index in [1.54, 1.807) is 14.0 Å². The first-order valence-electron chi connectivity index (χ1n) is 7.67. The predicted octanol–water partition coefficient (Wildman–Crippen LogP) is 2.59. The standard InChI is InChI=1S/C18H17N3O4S/c1-9-13(15(25-3)14(16(19)22)17(23)20-9)12-8-26-18(21-12)10-4-6-11(24-2)7-5-10/h4-8H,1-3H3,(H2,19,22)(H,20,23). The van der Waals surface area contributed by atoms with Gasteiger partial charge in [-0.05, 0) is 31.2 Å². The van der Waals surface area contributed by atoms with E-state index in [0.29, 0.717) is 17.0 Å². The van der Waals surface area contributed by atoms with Crippen LogP contribution in [0.5, 0.6) is 11.5 Å². The predicted molar refractivity (Wildman–Crippen MR) is 100.0 cm³/mol. The van der Waals surface area contributed by atoms with Crippen molar-refractivity contribution >= 4 is 17.2 Å². The van der Waals surface area contributed by atoms with Crippen molar-refractivity contribution < 1.29 is 14.3 Å². The van der Waals surface area contributed by atoms with Gasteiger partial charge < -0.3 is 20.2 Å². The highest BCUT2D eigenvalue weighted by molar-refractivity contribution is 7.13. The Kier molecular flexibility index (Phi) is 4.77. The van der Waals surface area contributed by atoms with Crippen LogP contribution in [-0.2, 0) is 0 Å². The van der Waals surface area contributed by atoms with E-state index in [0.717, 1.165) is 16.3 Å². The number of ether oxygens (including phenoxy) is 2. The zero-order chi connectivity index (χ0) is 18.8. The maximum Gasteiger partial charge on any atom is 0.264 e. The summed E-state index contributed by atoms with van der Waals surface area (Å²) in [7, 11) is 3.00. The third kappa shape index (κ3) is 3.06. The van der Waals surface area contributed by atoms with E-state index < -0.39 is 11.5 Å². The van der Waals surface area contributed by atoms with Crippen LogP contribution in [0.15, 0.2) is 34.4 Å². The number of hydrogen-bond donors (Lipinski definition) is 2. The van der Waals surface area contributed by atoms with E-state index in [4.69, 9.17) is 15.2 Å². The largest absolute Gasteiger partial charge is 0.497 e. The Hall–Kier alpha value is -3.13. The van der Waals surface area contributed by atoms with Crippen molar-refractivity contribution in [2.75, 3.05) is 14.2 Å². The van der Waals surface area contributed by atoms with Crippen LogP contribution >= 0.6 is 11.3 Å². The molecule has 2 heterocycles. The third-order valence-corrected chi connectivity index (χ3v) is 4.80. The molecule has 0 aliphatic carbocycles. The number of thiazole rings is 1. The molecular weight excluding hydrogens is 354 g/mol. The summed E-state index contributed by atoms with van der Waals surface area (Å²) in [5.74, 6) is 0.0371. The minimum atomic E-state index is -0.852. The number of carbonyl (C=O) groups is 1. The summed E-state index contributed by atoms with van der Waals surface area (Å²) < 4.78 is 10.5. The van der Waals surface area contributed by atoms with Gasteiger partial charge in [-0.15, -0.1) is 11.3 Å². The van der Waals surface area contributed by atoms with Gasteiger partial charge in [0, 0.05) is 16.6 Å². The number of aromatic amines is 1. The van der Waals surface area contributed by atoms with Crippen LogP contribution in [0.4, 0.5) is 0 Å². The number of rotatable bonds is 5. The highest BCUT2D eigenvalue weighted by Gasteiger charge is 2.23. The summed E-state index contributed by atoms with van der Waals surface area (Å²) in [6, 6.07) is 7.53. The molecule has 3 N–H and O–H groups in total. The van der Waals surface area contributed by atoms with Gasteiger partial charge in [0.05, 0.1) is 25.5 Å². The smallest absolute Gasteiger partial charge is 0.264 e. The van der Waals surface area contributed by atoms with Gasteiger partial charge in [-0.2, -0.15) is 0 Å². The van der Waals surface area contributed by atoms with Gasteiger partial charge >= 0.3 is 0 Å². The molecule has 7 nitrogen and oxygen atoms in total. The zero-order valence-corrected chi connectivity index (χ0v) is 15.3. The number of nitrogens with one attached hydrogen (secondary N) is 1. The van der Waals surface area contributed by atoms with Crippen LogP contribution < -0.4 is 20.8 Å². The van der Waals surface area contributed by atoms with Crippen molar-refractivity contribution in [3.05, 3.63) is 51.3 Å². The second kappa shape index (κ2) is 7.01. The third-order valence-electron chi connectivity index (χ3n) is 3.91. The molecule has 0 aliphatic rings. The van der Waals surface area contributed by atoms with Crippen LogP contribution in [0, 0.1) is 6.92 Å². The van der Waals surface area contributed by atoms with Gasteiger partial charge in [0.1, 0.15) is 22.1 Å². The molecule has 0 radical (unpaired) electrons. The van der Waals surface area contributed by atoms with Gasteiger partial charge in [-0.25, -0.2) is 4.98 Å². The van der Waals surface area contributed by atoms with Gasteiger partial charge in [0.15, 0.2) is 0 Å². The Bertz CT molecular complexity index is 1020. The maximum atomic E-state index is 12.1. The number of methoxy groups -OCH3 is 2. The summed E-state index contributed by atoms with van der Waals surface area (Å²) in [6.45, 7) is 1.72. The quantitative estimate of drug-likeness (QED) is 0.717. The monoisotopic (exact) mass is 371 g/mol. The van der Waals surface area contributed by atoms with Crippen LogP contribution in [0.2, 0.25) is 0 Å². The molecule has 8 heteroatoms. The lowest BCUT2D eigenvalue weighted by atomic mass is 10.1. The number of primary amides is 1. The first-order valence-corrected chi connectivity index (χ1v) is 8.55. The lowest BCUT2D eigenvalue weighted by Gasteiger charge is -2.12.